The molecule has 0 radical (unpaired) electrons. The van der Waals surface area contributed by atoms with Gasteiger partial charge < -0.3 is 15.8 Å². The van der Waals surface area contributed by atoms with Crippen molar-refractivity contribution in [2.45, 2.75) is 12.5 Å². The predicted molar refractivity (Wildman–Crippen MR) is 77.4 cm³/mol. The molecule has 4 nitrogen and oxygen atoms in total. The standard InChI is InChI=1S/C15H19N3O/c1-19-15-9-5-8-14(18-15)17-13(11-16)10-12-6-3-2-4-7-12/h2-9,13H,10-11,16H2,1H3,(H,17,18). The largest absolute Gasteiger partial charge is 0.481 e. The first-order valence-corrected chi connectivity index (χ1v) is 6.33. The number of nitrogens with two attached hydrogens (primary N) is 1. The number of anilines is 1. The topological polar surface area (TPSA) is 60.2 Å². The number of ether oxygens (including phenoxy) is 1. The van der Waals surface area contributed by atoms with E-state index in [2.05, 4.69) is 22.4 Å². The summed E-state index contributed by atoms with van der Waals surface area (Å²) in [7, 11) is 1.61. The lowest BCUT2D eigenvalue weighted by Crippen LogP contribution is -2.31. The van der Waals surface area contributed by atoms with E-state index in [0.29, 0.717) is 12.4 Å². The van der Waals surface area contributed by atoms with E-state index in [0.717, 1.165) is 12.2 Å². The van der Waals surface area contributed by atoms with Gasteiger partial charge in [-0.1, -0.05) is 36.4 Å². The molecule has 2 rings (SSSR count). The van der Waals surface area contributed by atoms with E-state index in [4.69, 9.17) is 10.5 Å². The predicted octanol–water partition coefficient (Wildman–Crippen LogP) is 2.07. The van der Waals surface area contributed by atoms with E-state index >= 15 is 0 Å². The Hall–Kier alpha value is -2.07. The Balaban J connectivity index is 2.02. The van der Waals surface area contributed by atoms with Crippen LogP contribution < -0.4 is 15.8 Å². The summed E-state index contributed by atoms with van der Waals surface area (Å²) < 4.78 is 5.11. The minimum Gasteiger partial charge on any atom is -0.481 e. The van der Waals surface area contributed by atoms with Gasteiger partial charge in [-0.25, -0.2) is 0 Å². The SMILES string of the molecule is COc1cccc(NC(CN)Cc2ccccc2)n1. The maximum absolute atomic E-state index is 5.82. The Bertz CT molecular complexity index is 502. The minimum absolute atomic E-state index is 0.155. The summed E-state index contributed by atoms with van der Waals surface area (Å²) in [5.74, 6) is 1.38. The molecule has 1 heterocycles. The highest BCUT2D eigenvalue weighted by Gasteiger charge is 2.08. The van der Waals surface area contributed by atoms with E-state index in [1.165, 1.54) is 5.56 Å². The second-order valence-electron chi connectivity index (χ2n) is 4.33. The fourth-order valence-corrected chi connectivity index (χ4v) is 1.91. The quantitative estimate of drug-likeness (QED) is 0.831. The number of nitrogens with one attached hydrogen (secondary N) is 1. The zero-order valence-electron chi connectivity index (χ0n) is 11.0. The zero-order valence-corrected chi connectivity index (χ0v) is 11.0. The van der Waals surface area contributed by atoms with Gasteiger partial charge in [-0.3, -0.25) is 0 Å². The van der Waals surface area contributed by atoms with Crippen LogP contribution in [0.2, 0.25) is 0 Å². The van der Waals surface area contributed by atoms with Crippen molar-refractivity contribution in [3.05, 3.63) is 54.1 Å². The van der Waals surface area contributed by atoms with Gasteiger partial charge in [-0.15, -0.1) is 0 Å². The summed E-state index contributed by atoms with van der Waals surface area (Å²) in [5, 5.41) is 3.34. The van der Waals surface area contributed by atoms with E-state index in [1.54, 1.807) is 7.11 Å². The van der Waals surface area contributed by atoms with Crippen molar-refractivity contribution in [2.24, 2.45) is 5.73 Å². The summed E-state index contributed by atoms with van der Waals surface area (Å²) in [4.78, 5) is 4.33. The molecule has 2 aromatic rings. The van der Waals surface area contributed by atoms with Gasteiger partial charge in [0.05, 0.1) is 7.11 Å². The summed E-state index contributed by atoms with van der Waals surface area (Å²) in [6, 6.07) is 16.1. The fourth-order valence-electron chi connectivity index (χ4n) is 1.91. The van der Waals surface area contributed by atoms with Crippen LogP contribution in [-0.4, -0.2) is 24.7 Å². The van der Waals surface area contributed by atoms with Crippen LogP contribution in [0.4, 0.5) is 5.82 Å². The first kappa shape index (κ1) is 13.4. The zero-order chi connectivity index (χ0) is 13.5. The first-order chi connectivity index (χ1) is 9.31. The molecule has 0 aliphatic heterocycles. The van der Waals surface area contributed by atoms with Crippen LogP contribution in [0.3, 0.4) is 0 Å². The average Bonchev–Trinajstić information content (AvgIpc) is 2.48. The first-order valence-electron chi connectivity index (χ1n) is 6.33. The third-order valence-corrected chi connectivity index (χ3v) is 2.89. The van der Waals surface area contributed by atoms with Gasteiger partial charge >= 0.3 is 0 Å². The number of pyridine rings is 1. The Morgan fingerprint density at radius 2 is 1.95 bits per heavy atom. The Labute approximate surface area is 113 Å². The lowest BCUT2D eigenvalue weighted by molar-refractivity contribution is 0.398. The molecule has 100 valence electrons. The van der Waals surface area contributed by atoms with E-state index in [1.807, 2.05) is 36.4 Å². The molecule has 0 bridgehead atoms. The molecular formula is C15H19N3O. The molecule has 0 saturated carbocycles. The molecule has 0 aliphatic carbocycles. The molecule has 0 aliphatic rings. The highest BCUT2D eigenvalue weighted by atomic mass is 16.5. The van der Waals surface area contributed by atoms with Gasteiger partial charge in [-0.2, -0.15) is 4.98 Å². The smallest absolute Gasteiger partial charge is 0.214 e. The molecule has 1 aromatic heterocycles. The normalized spacial score (nSPS) is 11.9. The fraction of sp³-hybridized carbons (Fsp3) is 0.267. The maximum atomic E-state index is 5.82. The lowest BCUT2D eigenvalue weighted by atomic mass is 10.1. The lowest BCUT2D eigenvalue weighted by Gasteiger charge is -2.17. The van der Waals surface area contributed by atoms with Crippen molar-refractivity contribution in [2.75, 3.05) is 19.0 Å². The molecule has 3 N–H and O–H groups in total. The Morgan fingerprint density at radius 3 is 2.63 bits per heavy atom. The second kappa shape index (κ2) is 6.75. The van der Waals surface area contributed by atoms with Gasteiger partial charge in [-0.05, 0) is 18.1 Å². The molecule has 0 spiro atoms. The van der Waals surface area contributed by atoms with Crippen LogP contribution >= 0.6 is 0 Å². The minimum atomic E-state index is 0.155. The van der Waals surface area contributed by atoms with Gasteiger partial charge in [0.15, 0.2) is 0 Å². The summed E-state index contributed by atoms with van der Waals surface area (Å²) in [6.45, 7) is 0.549. The van der Waals surface area contributed by atoms with Gasteiger partial charge in [0, 0.05) is 18.7 Å². The van der Waals surface area contributed by atoms with Crippen molar-refractivity contribution in [1.82, 2.24) is 4.98 Å². The number of benzene rings is 1. The summed E-state index contributed by atoms with van der Waals surface area (Å²) in [6.07, 6.45) is 0.871. The van der Waals surface area contributed by atoms with Crippen LogP contribution in [0, 0.1) is 0 Å². The van der Waals surface area contributed by atoms with E-state index in [9.17, 15) is 0 Å². The molecule has 19 heavy (non-hydrogen) atoms. The number of methoxy groups -OCH3 is 1. The van der Waals surface area contributed by atoms with Crippen LogP contribution in [0.1, 0.15) is 5.56 Å². The Kier molecular flexibility index (Phi) is 4.75. The second-order valence-corrected chi connectivity index (χ2v) is 4.33. The van der Waals surface area contributed by atoms with Crippen molar-refractivity contribution >= 4 is 5.82 Å². The molecule has 0 saturated heterocycles. The molecule has 1 unspecified atom stereocenters. The summed E-state index contributed by atoms with van der Waals surface area (Å²) in [5.41, 5.74) is 7.08. The maximum Gasteiger partial charge on any atom is 0.214 e. The molecule has 0 amide bonds. The number of rotatable bonds is 6. The van der Waals surface area contributed by atoms with Crippen LogP contribution in [0.25, 0.3) is 0 Å². The number of hydrogen-bond acceptors (Lipinski definition) is 4. The third kappa shape index (κ3) is 3.96. The van der Waals surface area contributed by atoms with Crippen LogP contribution in [-0.2, 0) is 6.42 Å². The van der Waals surface area contributed by atoms with Gasteiger partial charge in [0.25, 0.3) is 0 Å². The van der Waals surface area contributed by atoms with Gasteiger partial charge in [0.1, 0.15) is 5.82 Å². The molecule has 4 heteroatoms. The molecule has 0 fully saturated rings. The molecule has 1 atom stereocenters. The molecular weight excluding hydrogens is 238 g/mol. The highest BCUT2D eigenvalue weighted by Crippen LogP contribution is 2.13. The van der Waals surface area contributed by atoms with Gasteiger partial charge in [0.2, 0.25) is 5.88 Å². The van der Waals surface area contributed by atoms with Crippen LogP contribution in [0.15, 0.2) is 48.5 Å². The summed E-state index contributed by atoms with van der Waals surface area (Å²) >= 11 is 0. The van der Waals surface area contributed by atoms with Crippen LogP contribution in [0.5, 0.6) is 5.88 Å². The van der Waals surface area contributed by atoms with E-state index < -0.39 is 0 Å². The number of hydrogen-bond donors (Lipinski definition) is 2. The number of nitrogens with zero attached hydrogens (tertiary/aromatic N) is 1. The highest BCUT2D eigenvalue weighted by molar-refractivity contribution is 5.38. The third-order valence-electron chi connectivity index (χ3n) is 2.89. The monoisotopic (exact) mass is 257 g/mol. The number of aromatic nitrogens is 1. The van der Waals surface area contributed by atoms with Crippen molar-refractivity contribution in [3.63, 3.8) is 0 Å². The van der Waals surface area contributed by atoms with E-state index in [-0.39, 0.29) is 6.04 Å². The Morgan fingerprint density at radius 1 is 1.16 bits per heavy atom. The average molecular weight is 257 g/mol. The van der Waals surface area contributed by atoms with Crippen molar-refractivity contribution in [3.8, 4) is 5.88 Å². The van der Waals surface area contributed by atoms with Crippen molar-refractivity contribution in [1.29, 1.82) is 0 Å². The van der Waals surface area contributed by atoms with Crippen molar-refractivity contribution < 1.29 is 4.74 Å². The molecule has 1 aromatic carbocycles.